The van der Waals surface area contributed by atoms with Crippen molar-refractivity contribution < 1.29 is 0 Å². The average molecular weight is 181 g/mol. The number of nitriles is 2. The summed E-state index contributed by atoms with van der Waals surface area (Å²) >= 11 is 0.246. The third-order valence-corrected chi connectivity index (χ3v) is 2.46. The van der Waals surface area contributed by atoms with Gasteiger partial charge in [0.05, 0.1) is 0 Å². The van der Waals surface area contributed by atoms with Crippen LogP contribution in [-0.4, -0.2) is 14.5 Å². The molecule has 1 rings (SSSR count). The zero-order valence-corrected chi connectivity index (χ0v) is 6.17. The van der Waals surface area contributed by atoms with Crippen LogP contribution in [0.15, 0.2) is 9.88 Å². The fraction of sp³-hybridized carbons (Fsp3) is 0. The van der Waals surface area contributed by atoms with Crippen molar-refractivity contribution in [3.05, 3.63) is 21.0 Å². The number of hydrogen-bond acceptors (Lipinski definition) is 2. The van der Waals surface area contributed by atoms with E-state index in [1.165, 1.54) is 0 Å². The Labute approximate surface area is 58.7 Å². The van der Waals surface area contributed by atoms with Gasteiger partial charge in [0.25, 0.3) is 0 Å². The van der Waals surface area contributed by atoms with Crippen molar-refractivity contribution in [3.63, 3.8) is 0 Å². The van der Waals surface area contributed by atoms with Crippen molar-refractivity contribution in [2.24, 2.45) is 0 Å². The standard InChI is InChI=1S/C6H2N2Se/c7-1-5-3-9-4-6(5)2-8/h3-4H. The van der Waals surface area contributed by atoms with Crippen molar-refractivity contribution in [1.82, 2.24) is 0 Å². The molecule has 3 heteroatoms. The molecule has 0 saturated carbocycles. The van der Waals surface area contributed by atoms with E-state index in [0.29, 0.717) is 11.1 Å². The summed E-state index contributed by atoms with van der Waals surface area (Å²) in [5, 5.41) is 16.7. The van der Waals surface area contributed by atoms with E-state index in [1.54, 1.807) is 0 Å². The molecule has 0 unspecified atom stereocenters. The molecule has 0 saturated heterocycles. The van der Waals surface area contributed by atoms with Crippen LogP contribution in [0.3, 0.4) is 0 Å². The Morgan fingerprint density at radius 2 is 1.56 bits per heavy atom. The summed E-state index contributed by atoms with van der Waals surface area (Å²) in [6, 6.07) is 3.90. The SMILES string of the molecule is N#Cc1c[se]cc1C#N. The van der Waals surface area contributed by atoms with Gasteiger partial charge in [-0.3, -0.25) is 0 Å². The molecule has 0 fully saturated rings. The minimum absolute atomic E-state index is 0.246. The molecule has 0 radical (unpaired) electrons. The van der Waals surface area contributed by atoms with Gasteiger partial charge in [-0.25, -0.2) is 0 Å². The summed E-state index contributed by atoms with van der Waals surface area (Å²) in [6.45, 7) is 0. The normalized spacial score (nSPS) is 7.78. The second-order valence-electron chi connectivity index (χ2n) is 1.42. The zero-order chi connectivity index (χ0) is 6.69. The van der Waals surface area contributed by atoms with Gasteiger partial charge in [0.2, 0.25) is 0 Å². The molecule has 0 aromatic carbocycles. The van der Waals surface area contributed by atoms with Gasteiger partial charge in [0.1, 0.15) is 0 Å². The van der Waals surface area contributed by atoms with Gasteiger partial charge >= 0.3 is 58.2 Å². The predicted octanol–water partition coefficient (Wildman–Crippen LogP) is 0.487. The van der Waals surface area contributed by atoms with E-state index in [0.717, 1.165) is 0 Å². The Morgan fingerprint density at radius 3 is 1.89 bits per heavy atom. The second kappa shape index (κ2) is 2.51. The third-order valence-electron chi connectivity index (χ3n) is 0.903. The van der Waals surface area contributed by atoms with E-state index in [1.807, 2.05) is 22.0 Å². The molecule has 1 aromatic rings. The summed E-state index contributed by atoms with van der Waals surface area (Å²) in [5.74, 6) is 0. The van der Waals surface area contributed by atoms with Gasteiger partial charge in [-0.2, -0.15) is 0 Å². The van der Waals surface area contributed by atoms with E-state index in [-0.39, 0.29) is 14.5 Å². The first-order valence-electron chi connectivity index (χ1n) is 2.25. The van der Waals surface area contributed by atoms with Gasteiger partial charge in [-0.15, -0.1) is 0 Å². The summed E-state index contributed by atoms with van der Waals surface area (Å²) in [5.41, 5.74) is 1.08. The molecule has 1 aromatic heterocycles. The van der Waals surface area contributed by atoms with E-state index in [9.17, 15) is 0 Å². The van der Waals surface area contributed by atoms with Crippen molar-refractivity contribution in [1.29, 1.82) is 10.5 Å². The molecule has 42 valence electrons. The topological polar surface area (TPSA) is 47.6 Å². The fourth-order valence-corrected chi connectivity index (χ4v) is 1.94. The van der Waals surface area contributed by atoms with Crippen LogP contribution >= 0.6 is 0 Å². The van der Waals surface area contributed by atoms with Crippen molar-refractivity contribution >= 4 is 14.5 Å². The first-order chi connectivity index (χ1) is 4.38. The van der Waals surface area contributed by atoms with Crippen LogP contribution in [0.25, 0.3) is 0 Å². The van der Waals surface area contributed by atoms with Crippen LogP contribution in [-0.2, 0) is 0 Å². The van der Waals surface area contributed by atoms with Gasteiger partial charge in [0, 0.05) is 0 Å². The van der Waals surface area contributed by atoms with Gasteiger partial charge in [-0.1, -0.05) is 0 Å². The summed E-state index contributed by atoms with van der Waals surface area (Å²) < 4.78 is 0. The molecular formula is C6H2N2Se. The van der Waals surface area contributed by atoms with Crippen LogP contribution in [0, 0.1) is 22.7 Å². The molecule has 0 aliphatic carbocycles. The van der Waals surface area contributed by atoms with Gasteiger partial charge in [-0.05, 0) is 0 Å². The van der Waals surface area contributed by atoms with E-state index >= 15 is 0 Å². The molecule has 0 aliphatic heterocycles. The Morgan fingerprint density at radius 1 is 1.11 bits per heavy atom. The van der Waals surface area contributed by atoms with Crippen LogP contribution in [0.5, 0.6) is 0 Å². The molecule has 9 heavy (non-hydrogen) atoms. The molecule has 0 N–H and O–H groups in total. The van der Waals surface area contributed by atoms with E-state index in [4.69, 9.17) is 10.5 Å². The Bertz CT molecular complexity index is 258. The van der Waals surface area contributed by atoms with Crippen molar-refractivity contribution in [3.8, 4) is 12.1 Å². The minimum atomic E-state index is 0.246. The number of nitrogens with zero attached hydrogens (tertiary/aromatic N) is 2. The molecule has 0 bridgehead atoms. The Balaban J connectivity index is 3.22. The van der Waals surface area contributed by atoms with E-state index in [2.05, 4.69) is 0 Å². The molecule has 1 heterocycles. The van der Waals surface area contributed by atoms with Crippen LogP contribution in [0.1, 0.15) is 11.1 Å². The summed E-state index contributed by atoms with van der Waals surface area (Å²) in [6.07, 6.45) is 0. The molecular weight excluding hydrogens is 179 g/mol. The van der Waals surface area contributed by atoms with Gasteiger partial charge < -0.3 is 0 Å². The quantitative estimate of drug-likeness (QED) is 0.546. The van der Waals surface area contributed by atoms with E-state index < -0.39 is 0 Å². The maximum atomic E-state index is 8.37. The number of rotatable bonds is 0. The second-order valence-corrected chi connectivity index (χ2v) is 2.98. The molecule has 0 aliphatic rings. The van der Waals surface area contributed by atoms with Crippen LogP contribution in [0.4, 0.5) is 0 Å². The first kappa shape index (κ1) is 6.10. The molecule has 0 amide bonds. The van der Waals surface area contributed by atoms with Crippen molar-refractivity contribution in [2.75, 3.05) is 0 Å². The van der Waals surface area contributed by atoms with Gasteiger partial charge in [0.15, 0.2) is 0 Å². The monoisotopic (exact) mass is 182 g/mol. The predicted molar refractivity (Wildman–Crippen MR) is 32.8 cm³/mol. The average Bonchev–Trinajstić information content (AvgIpc) is 2.33. The Kier molecular flexibility index (Phi) is 1.70. The molecule has 0 atom stereocenters. The Hall–Kier alpha value is -1.02. The summed E-state index contributed by atoms with van der Waals surface area (Å²) in [4.78, 5) is 3.62. The summed E-state index contributed by atoms with van der Waals surface area (Å²) in [7, 11) is 0. The number of hydrogen-bond donors (Lipinski definition) is 0. The third kappa shape index (κ3) is 1.03. The maximum absolute atomic E-state index is 8.37. The van der Waals surface area contributed by atoms with Crippen LogP contribution < -0.4 is 0 Å². The zero-order valence-electron chi connectivity index (χ0n) is 4.46. The van der Waals surface area contributed by atoms with Crippen molar-refractivity contribution in [2.45, 2.75) is 0 Å². The molecule has 0 spiro atoms. The fourth-order valence-electron chi connectivity index (χ4n) is 0.470. The first-order valence-corrected chi connectivity index (χ1v) is 4.22. The van der Waals surface area contributed by atoms with Crippen LogP contribution in [0.2, 0.25) is 0 Å². The molecule has 2 nitrogen and oxygen atoms in total.